The van der Waals surface area contributed by atoms with Crippen LogP contribution in [0.25, 0.3) is 82.8 Å². The Morgan fingerprint density at radius 2 is 0.860 bits per heavy atom. The number of aromatic nitrogens is 3. The predicted octanol–water partition coefficient (Wildman–Crippen LogP) is 12.1. The number of rotatable bonds is 3. The van der Waals surface area contributed by atoms with Crippen LogP contribution in [-0.4, -0.2) is 13.7 Å². The van der Waals surface area contributed by atoms with Gasteiger partial charge in [0.15, 0.2) is 0 Å². The largest absolute Gasteiger partial charge is 0.309 e. The summed E-state index contributed by atoms with van der Waals surface area (Å²) >= 11 is 0. The maximum atomic E-state index is 2.51. The topological polar surface area (TPSA) is 14.8 Å². The van der Waals surface area contributed by atoms with Gasteiger partial charge in [0, 0.05) is 55.0 Å². The van der Waals surface area contributed by atoms with Crippen molar-refractivity contribution in [3.63, 3.8) is 0 Å². The molecule has 50 heavy (non-hydrogen) atoms. The van der Waals surface area contributed by atoms with Crippen molar-refractivity contribution in [2.24, 2.45) is 0 Å². The molecule has 0 spiro atoms. The van der Waals surface area contributed by atoms with Crippen molar-refractivity contribution < 1.29 is 0 Å². The van der Waals surface area contributed by atoms with Gasteiger partial charge in [0.25, 0.3) is 0 Å². The highest BCUT2D eigenvalue weighted by molar-refractivity contribution is 6.16. The third-order valence-electron chi connectivity index (χ3n) is 11.2. The van der Waals surface area contributed by atoms with Gasteiger partial charge < -0.3 is 13.7 Å². The summed E-state index contributed by atoms with van der Waals surface area (Å²) in [6.07, 6.45) is 0. The van der Waals surface area contributed by atoms with E-state index >= 15 is 0 Å². The molecule has 0 saturated carbocycles. The third kappa shape index (κ3) is 3.54. The fourth-order valence-electron chi connectivity index (χ4n) is 9.08. The summed E-state index contributed by atoms with van der Waals surface area (Å²) in [6.45, 7) is 4.78. The van der Waals surface area contributed by atoms with Crippen molar-refractivity contribution in [3.05, 3.63) is 175 Å². The first-order chi connectivity index (χ1) is 24.6. The molecule has 0 atom stereocenters. The van der Waals surface area contributed by atoms with Crippen molar-refractivity contribution in [2.75, 3.05) is 0 Å². The average Bonchev–Trinajstić information content (AvgIpc) is 3.85. The fourth-order valence-corrected chi connectivity index (χ4v) is 9.08. The van der Waals surface area contributed by atoms with Gasteiger partial charge in [-0.25, -0.2) is 0 Å². The number of hydrogen-bond donors (Lipinski definition) is 0. The number of fused-ring (bicyclic) bond motifs is 11. The van der Waals surface area contributed by atoms with E-state index in [2.05, 4.69) is 191 Å². The molecule has 3 aromatic heterocycles. The molecule has 3 heteroatoms. The standard InChI is InChI=1S/C47H33N3/c1-47(2)39-22-12-9-21-35(39)46-45(47)38-29-43-37(28-44(38)50(46)31-17-7-4-8-18-31)34-20-11-14-24-41(34)49(43)32-25-26-42-36(27-32)33-19-10-13-23-40(33)48(42)30-15-5-3-6-16-30/h3-29H,1-2H3. The van der Waals surface area contributed by atoms with Crippen molar-refractivity contribution in [3.8, 4) is 28.3 Å². The molecule has 3 heterocycles. The average molecular weight is 640 g/mol. The van der Waals surface area contributed by atoms with Crippen molar-refractivity contribution in [2.45, 2.75) is 19.3 Å². The van der Waals surface area contributed by atoms with E-state index in [1.807, 2.05) is 0 Å². The van der Waals surface area contributed by atoms with Gasteiger partial charge in [0.2, 0.25) is 0 Å². The van der Waals surface area contributed by atoms with Crippen LogP contribution in [0.1, 0.15) is 25.0 Å². The Kier molecular flexibility index (Phi) is 5.45. The number of nitrogens with zero attached hydrogens (tertiary/aromatic N) is 3. The van der Waals surface area contributed by atoms with E-state index in [-0.39, 0.29) is 5.41 Å². The molecule has 0 saturated heterocycles. The lowest BCUT2D eigenvalue weighted by molar-refractivity contribution is 0.666. The third-order valence-corrected chi connectivity index (χ3v) is 11.2. The molecule has 0 aliphatic heterocycles. The van der Waals surface area contributed by atoms with Crippen LogP contribution in [0.15, 0.2) is 164 Å². The van der Waals surface area contributed by atoms with Crippen molar-refractivity contribution in [1.82, 2.24) is 13.7 Å². The molecular formula is C47H33N3. The molecule has 0 radical (unpaired) electrons. The lowest BCUT2D eigenvalue weighted by Crippen LogP contribution is -2.14. The Hall–Kier alpha value is -6.32. The molecule has 0 fully saturated rings. The number of hydrogen-bond acceptors (Lipinski definition) is 0. The first kappa shape index (κ1) is 27.6. The van der Waals surface area contributed by atoms with Crippen molar-refractivity contribution >= 4 is 54.5 Å². The Morgan fingerprint density at radius 1 is 0.360 bits per heavy atom. The lowest BCUT2D eigenvalue weighted by atomic mass is 9.81. The molecule has 11 rings (SSSR count). The molecule has 1 aliphatic carbocycles. The normalized spacial score (nSPS) is 13.6. The fraction of sp³-hybridized carbons (Fsp3) is 0.0638. The SMILES string of the molecule is CC1(C)c2ccccc2-c2c1c1cc3c(cc1n2-c1ccccc1)c1ccccc1n3-c1ccc2c(c1)c1ccccc1n2-c1ccccc1. The Balaban J connectivity index is 1.25. The first-order valence-electron chi connectivity index (χ1n) is 17.5. The van der Waals surface area contributed by atoms with E-state index in [1.165, 1.54) is 94.0 Å². The molecule has 3 nitrogen and oxygen atoms in total. The highest BCUT2D eigenvalue weighted by atomic mass is 15.0. The summed E-state index contributed by atoms with van der Waals surface area (Å²) < 4.78 is 7.38. The lowest BCUT2D eigenvalue weighted by Gasteiger charge is -2.21. The van der Waals surface area contributed by atoms with Crippen LogP contribution >= 0.6 is 0 Å². The summed E-state index contributed by atoms with van der Waals surface area (Å²) in [4.78, 5) is 0. The zero-order valence-corrected chi connectivity index (χ0v) is 27.9. The zero-order chi connectivity index (χ0) is 33.1. The maximum absolute atomic E-state index is 2.51. The molecule has 0 unspecified atom stereocenters. The summed E-state index contributed by atoms with van der Waals surface area (Å²) in [7, 11) is 0. The van der Waals surface area contributed by atoms with E-state index in [9.17, 15) is 0 Å². The van der Waals surface area contributed by atoms with Crippen LogP contribution in [0.4, 0.5) is 0 Å². The van der Waals surface area contributed by atoms with Gasteiger partial charge in [-0.15, -0.1) is 0 Å². The van der Waals surface area contributed by atoms with E-state index in [0.717, 1.165) is 0 Å². The van der Waals surface area contributed by atoms with Gasteiger partial charge in [0.1, 0.15) is 0 Å². The molecule has 0 bridgehead atoms. The Bertz CT molecular complexity index is 2990. The summed E-state index contributed by atoms with van der Waals surface area (Å²) in [5.74, 6) is 0. The maximum Gasteiger partial charge on any atom is 0.0585 e. The second kappa shape index (κ2) is 9.87. The minimum Gasteiger partial charge on any atom is -0.309 e. The highest BCUT2D eigenvalue weighted by Crippen LogP contribution is 2.54. The van der Waals surface area contributed by atoms with Gasteiger partial charge in [-0.1, -0.05) is 111 Å². The predicted molar refractivity (Wildman–Crippen MR) is 210 cm³/mol. The van der Waals surface area contributed by atoms with Gasteiger partial charge in [-0.3, -0.25) is 0 Å². The van der Waals surface area contributed by atoms with Crippen LogP contribution < -0.4 is 0 Å². The molecule has 7 aromatic carbocycles. The Morgan fingerprint density at radius 3 is 1.56 bits per heavy atom. The first-order valence-corrected chi connectivity index (χ1v) is 17.5. The van der Waals surface area contributed by atoms with E-state index in [1.54, 1.807) is 0 Å². The van der Waals surface area contributed by atoms with Crippen LogP contribution in [0.2, 0.25) is 0 Å². The van der Waals surface area contributed by atoms with Crippen LogP contribution in [0.5, 0.6) is 0 Å². The Labute approximate surface area is 289 Å². The minimum absolute atomic E-state index is 0.146. The molecule has 0 amide bonds. The van der Waals surface area contributed by atoms with Crippen molar-refractivity contribution in [1.29, 1.82) is 0 Å². The highest BCUT2D eigenvalue weighted by Gasteiger charge is 2.40. The molecule has 236 valence electrons. The number of para-hydroxylation sites is 4. The van der Waals surface area contributed by atoms with Gasteiger partial charge in [-0.05, 0) is 77.9 Å². The molecule has 0 N–H and O–H groups in total. The van der Waals surface area contributed by atoms with Gasteiger partial charge in [0.05, 0.1) is 33.3 Å². The molecular weight excluding hydrogens is 607 g/mol. The second-order valence-corrected chi connectivity index (χ2v) is 14.2. The minimum atomic E-state index is -0.146. The van der Waals surface area contributed by atoms with E-state index in [0.29, 0.717) is 0 Å². The van der Waals surface area contributed by atoms with Crippen LogP contribution in [0.3, 0.4) is 0 Å². The van der Waals surface area contributed by atoms with Crippen LogP contribution in [0, 0.1) is 0 Å². The summed E-state index contributed by atoms with van der Waals surface area (Å²) in [6, 6.07) is 60.2. The number of benzene rings is 7. The van der Waals surface area contributed by atoms with Gasteiger partial charge in [-0.2, -0.15) is 0 Å². The monoisotopic (exact) mass is 639 g/mol. The van der Waals surface area contributed by atoms with E-state index < -0.39 is 0 Å². The molecule has 1 aliphatic rings. The quantitative estimate of drug-likeness (QED) is 0.183. The van der Waals surface area contributed by atoms with Crippen LogP contribution in [-0.2, 0) is 5.41 Å². The summed E-state index contributed by atoms with van der Waals surface area (Å²) in [5.41, 5.74) is 14.9. The smallest absolute Gasteiger partial charge is 0.0585 e. The summed E-state index contributed by atoms with van der Waals surface area (Å²) in [5, 5.41) is 6.34. The van der Waals surface area contributed by atoms with E-state index in [4.69, 9.17) is 0 Å². The zero-order valence-electron chi connectivity index (χ0n) is 27.9. The second-order valence-electron chi connectivity index (χ2n) is 14.2. The van der Waals surface area contributed by atoms with Gasteiger partial charge >= 0.3 is 0 Å². The molecule has 10 aromatic rings.